The molecule has 10 nitrogen and oxygen atoms in total. The first-order valence-electron chi connectivity index (χ1n) is 18.8. The van der Waals surface area contributed by atoms with Gasteiger partial charge in [-0.3, -0.25) is 4.52 Å². The van der Waals surface area contributed by atoms with E-state index in [0.29, 0.717) is 11.2 Å². The third-order valence-electron chi connectivity index (χ3n) is 10.7. The molecule has 2 saturated heterocycles. The quantitative estimate of drug-likeness (QED) is 0.155. The van der Waals surface area contributed by atoms with Crippen LogP contribution in [-0.2, 0) is 34.5 Å². The van der Waals surface area contributed by atoms with E-state index in [1.54, 1.807) is 24.4 Å². The van der Waals surface area contributed by atoms with Gasteiger partial charge in [0.15, 0.2) is 24.8 Å². The zero-order chi connectivity index (χ0) is 39.4. The van der Waals surface area contributed by atoms with E-state index in [-0.39, 0.29) is 23.1 Å². The van der Waals surface area contributed by atoms with Gasteiger partial charge in [0, 0.05) is 40.8 Å². The van der Waals surface area contributed by atoms with Gasteiger partial charge in [-0.1, -0.05) is 90.1 Å². The van der Waals surface area contributed by atoms with Gasteiger partial charge in [-0.15, -0.1) is 0 Å². The first kappa shape index (κ1) is 39.2. The minimum Gasteiger partial charge on any atom is -0.452 e. The molecule has 2 fully saturated rings. The van der Waals surface area contributed by atoms with Crippen LogP contribution in [0.4, 0.5) is 0 Å². The summed E-state index contributed by atoms with van der Waals surface area (Å²) in [6.45, 7) is 21.8. The van der Waals surface area contributed by atoms with Crippen molar-refractivity contribution in [1.82, 2.24) is 4.98 Å². The summed E-state index contributed by atoms with van der Waals surface area (Å²) in [5.41, 5.74) is 8.32. The number of fused-ring (bicyclic) bond motifs is 4. The van der Waals surface area contributed by atoms with E-state index >= 15 is 0 Å². The van der Waals surface area contributed by atoms with Gasteiger partial charge in [-0.05, 0) is 72.9 Å². The average molecular weight is 770 g/mol. The van der Waals surface area contributed by atoms with Crippen LogP contribution in [0.3, 0.4) is 0 Å². The van der Waals surface area contributed by atoms with E-state index in [1.807, 2.05) is 30.3 Å². The third-order valence-corrected chi connectivity index (χ3v) is 11.8. The Labute approximate surface area is 324 Å². The Morgan fingerprint density at radius 2 is 1.36 bits per heavy atom. The van der Waals surface area contributed by atoms with Crippen LogP contribution in [0.15, 0.2) is 75.3 Å². The summed E-state index contributed by atoms with van der Waals surface area (Å²) in [6, 6.07) is 19.1. The molecule has 292 valence electrons. The van der Waals surface area contributed by atoms with Crippen molar-refractivity contribution < 1.29 is 41.4 Å². The lowest BCUT2D eigenvalue weighted by molar-refractivity contribution is -0.351. The SMILES string of the molecule is CO[C@H]1O[C@@H]2CO[C@@H](c3ccccc3)O[C@H]2[C@H](OC(=O)c2ccccn2)[C@H]1Op1oc2c(C(C)(C)C)cc(C)c(C)c2c2c(C)c(C)cc(C(C)(C)C)c2o1. The van der Waals surface area contributed by atoms with Crippen LogP contribution in [0.5, 0.6) is 0 Å². The second kappa shape index (κ2) is 15.1. The number of hydrogen-bond donors (Lipinski definition) is 0. The van der Waals surface area contributed by atoms with Crippen LogP contribution < -0.4 is 4.52 Å². The fourth-order valence-corrected chi connectivity index (χ4v) is 8.65. The molecule has 0 N–H and O–H groups in total. The van der Waals surface area contributed by atoms with Crippen molar-refractivity contribution in [3.8, 4) is 0 Å². The molecule has 0 saturated carbocycles. The monoisotopic (exact) mass is 769 g/mol. The number of aryl methyl sites for hydroxylation is 4. The van der Waals surface area contributed by atoms with Gasteiger partial charge >= 0.3 is 14.2 Å². The van der Waals surface area contributed by atoms with Gasteiger partial charge in [0.2, 0.25) is 0 Å². The summed E-state index contributed by atoms with van der Waals surface area (Å²) in [7, 11) is -0.712. The zero-order valence-electron chi connectivity index (χ0n) is 33.6. The molecule has 0 unspecified atom stereocenters. The number of hydrogen-bond acceptors (Lipinski definition) is 10. The second-order valence-corrected chi connectivity index (χ2v) is 17.7. The Balaban J connectivity index is 1.46. The second-order valence-electron chi connectivity index (χ2n) is 16.7. The van der Waals surface area contributed by atoms with Gasteiger partial charge in [0.05, 0.1) is 6.61 Å². The highest BCUT2D eigenvalue weighted by atomic mass is 31.1. The number of esters is 1. The van der Waals surface area contributed by atoms with Crippen molar-refractivity contribution in [3.63, 3.8) is 0 Å². The molecule has 5 aromatic rings. The van der Waals surface area contributed by atoms with Crippen LogP contribution >= 0.6 is 8.24 Å². The average Bonchev–Trinajstić information content (AvgIpc) is 3.32. The van der Waals surface area contributed by atoms with E-state index in [2.05, 4.69) is 86.4 Å². The van der Waals surface area contributed by atoms with Crippen molar-refractivity contribution in [1.29, 1.82) is 0 Å². The maximum atomic E-state index is 13.8. The van der Waals surface area contributed by atoms with Crippen LogP contribution in [0.2, 0.25) is 0 Å². The van der Waals surface area contributed by atoms with Crippen molar-refractivity contribution in [2.75, 3.05) is 13.7 Å². The highest BCUT2D eigenvalue weighted by Gasteiger charge is 2.54. The lowest BCUT2D eigenvalue weighted by Crippen LogP contribution is -2.64. The number of pyridine rings is 1. The van der Waals surface area contributed by atoms with Crippen LogP contribution in [0.1, 0.15) is 97.3 Å². The van der Waals surface area contributed by atoms with E-state index in [0.717, 1.165) is 49.7 Å². The highest BCUT2D eigenvalue weighted by molar-refractivity contribution is 7.31. The minimum atomic E-state index is -2.24. The summed E-state index contributed by atoms with van der Waals surface area (Å²) >= 11 is 0. The number of methoxy groups -OCH3 is 1. The molecule has 0 spiro atoms. The molecule has 4 heterocycles. The summed E-state index contributed by atoms with van der Waals surface area (Å²) in [5.74, 6) is -0.644. The molecule has 0 amide bonds. The molecule has 2 aliphatic heterocycles. The van der Waals surface area contributed by atoms with Crippen molar-refractivity contribution in [2.45, 2.75) is 117 Å². The fourth-order valence-electron chi connectivity index (χ4n) is 7.43. The molecule has 7 rings (SSSR count). The molecule has 0 radical (unpaired) electrons. The first-order valence-corrected chi connectivity index (χ1v) is 19.9. The van der Waals surface area contributed by atoms with Crippen molar-refractivity contribution in [2.24, 2.45) is 0 Å². The summed E-state index contributed by atoms with van der Waals surface area (Å²) < 4.78 is 52.6. The first-order chi connectivity index (χ1) is 26.1. The predicted octanol–water partition coefficient (Wildman–Crippen LogP) is 10.0. The van der Waals surface area contributed by atoms with E-state index in [1.165, 1.54) is 7.11 Å². The van der Waals surface area contributed by atoms with Crippen LogP contribution in [0, 0.1) is 27.7 Å². The number of carbonyl (C=O) groups excluding carboxylic acids is 1. The fraction of sp³-hybridized carbons (Fsp3) is 0.455. The molecule has 0 bridgehead atoms. The maximum Gasteiger partial charge on any atom is 0.388 e. The number of aromatic nitrogens is 1. The van der Waals surface area contributed by atoms with E-state index in [9.17, 15) is 4.79 Å². The van der Waals surface area contributed by atoms with Gasteiger partial charge in [-0.25, -0.2) is 9.78 Å². The van der Waals surface area contributed by atoms with E-state index < -0.39 is 51.2 Å². The summed E-state index contributed by atoms with van der Waals surface area (Å²) in [5, 5.41) is 1.97. The normalized spacial score (nSPS) is 23.1. The summed E-state index contributed by atoms with van der Waals surface area (Å²) in [4.78, 5) is 18.1. The van der Waals surface area contributed by atoms with Gasteiger partial charge in [0.25, 0.3) is 0 Å². The largest absolute Gasteiger partial charge is 0.452 e. The Hall–Kier alpha value is -4.02. The minimum absolute atomic E-state index is 0.141. The van der Waals surface area contributed by atoms with Gasteiger partial charge in [0.1, 0.15) is 29.1 Å². The van der Waals surface area contributed by atoms with Gasteiger partial charge in [-0.2, -0.15) is 0 Å². The molecule has 0 aliphatic carbocycles. The van der Waals surface area contributed by atoms with E-state index in [4.69, 9.17) is 36.6 Å². The Kier molecular flexibility index (Phi) is 10.8. The third kappa shape index (κ3) is 7.61. The van der Waals surface area contributed by atoms with Crippen LogP contribution in [0.25, 0.3) is 21.9 Å². The number of nitrogens with zero attached hydrogens (tertiary/aromatic N) is 1. The van der Waals surface area contributed by atoms with Gasteiger partial charge < -0.3 is 32.1 Å². The molecule has 55 heavy (non-hydrogen) atoms. The molecule has 6 atom stereocenters. The number of carbonyl (C=O) groups is 1. The number of ether oxygens (including phenoxy) is 5. The predicted molar refractivity (Wildman–Crippen MR) is 212 cm³/mol. The Morgan fingerprint density at radius 3 is 1.89 bits per heavy atom. The molecular formula is C44H52NO9P. The molecular weight excluding hydrogens is 717 g/mol. The maximum absolute atomic E-state index is 13.8. The smallest absolute Gasteiger partial charge is 0.388 e. The van der Waals surface area contributed by atoms with Crippen molar-refractivity contribution in [3.05, 3.63) is 111 Å². The highest BCUT2D eigenvalue weighted by Crippen LogP contribution is 2.47. The standard InChI is InChI=1S/C44H52NO9P/c1-24-21-29(43(5,6)7)35-33(26(24)3)34-27(4)25(2)22-30(44(8,9)10)36(34)53-55(52-35)54-39-38(50-40(46)31-19-15-16-20-45-31)37-32(49-42(39)47-11)23-48-41(51-37)28-17-13-12-14-18-28/h12-22,32,37-39,41-42H,23H2,1-11H3/t32-,37-,38+,39-,41-,42+/m1/s1. The lowest BCUT2D eigenvalue weighted by atomic mass is 9.81. The Bertz CT molecular complexity index is 2150. The zero-order valence-corrected chi connectivity index (χ0v) is 34.5. The summed E-state index contributed by atoms with van der Waals surface area (Å²) in [6.07, 6.45) is -3.76. The molecule has 11 heteroatoms. The number of benzene rings is 3. The number of rotatable bonds is 6. The molecule has 3 aromatic carbocycles. The Morgan fingerprint density at radius 1 is 0.782 bits per heavy atom. The van der Waals surface area contributed by atoms with Crippen LogP contribution in [-0.4, -0.2) is 55.4 Å². The molecule has 2 aromatic heterocycles. The lowest BCUT2D eigenvalue weighted by Gasteiger charge is -2.47. The molecule has 2 aliphatic rings. The van der Waals surface area contributed by atoms with Crippen molar-refractivity contribution >= 4 is 36.1 Å². The topological polar surface area (TPSA) is 112 Å².